The largest absolute Gasteiger partial charge is 0.347 e. The van der Waals surface area contributed by atoms with Crippen molar-refractivity contribution >= 4 is 16.8 Å². The van der Waals surface area contributed by atoms with Crippen LogP contribution in [0.25, 0.3) is 10.9 Å². The van der Waals surface area contributed by atoms with Crippen LogP contribution in [0.1, 0.15) is 30.3 Å². The van der Waals surface area contributed by atoms with Crippen LogP contribution in [-0.4, -0.2) is 46.7 Å². The lowest BCUT2D eigenvalue weighted by atomic mass is 10.2. The van der Waals surface area contributed by atoms with E-state index in [9.17, 15) is 4.79 Å². The Morgan fingerprint density at radius 1 is 1.40 bits per heavy atom. The molecule has 1 unspecified atom stereocenters. The van der Waals surface area contributed by atoms with Gasteiger partial charge >= 0.3 is 0 Å². The molecule has 0 bridgehead atoms. The van der Waals surface area contributed by atoms with E-state index in [0.717, 1.165) is 30.5 Å². The lowest BCUT2D eigenvalue weighted by molar-refractivity contribution is 0.0928. The van der Waals surface area contributed by atoms with Gasteiger partial charge in [-0.2, -0.15) is 5.10 Å². The number of nitrogens with zero attached hydrogens (tertiary/aromatic N) is 2. The van der Waals surface area contributed by atoms with Crippen LogP contribution >= 0.6 is 0 Å². The number of para-hydroxylation sites is 1. The highest BCUT2D eigenvalue weighted by atomic mass is 16.2. The van der Waals surface area contributed by atoms with E-state index in [4.69, 9.17) is 0 Å². The number of H-pyrrole nitrogens is 1. The molecule has 5 nitrogen and oxygen atoms in total. The summed E-state index contributed by atoms with van der Waals surface area (Å²) in [6.45, 7) is 5.25. The zero-order chi connectivity index (χ0) is 13.9. The lowest BCUT2D eigenvalue weighted by Crippen LogP contribution is -2.41. The van der Waals surface area contributed by atoms with Gasteiger partial charge in [-0.05, 0) is 38.9 Å². The van der Waals surface area contributed by atoms with Crippen molar-refractivity contribution in [1.82, 2.24) is 20.4 Å². The molecule has 1 fully saturated rings. The minimum absolute atomic E-state index is 0.103. The SMILES string of the molecule is CC(CN1CCCC1)NC(=O)c1n[nH]c2ccccc12. The summed E-state index contributed by atoms with van der Waals surface area (Å²) >= 11 is 0. The molecule has 106 valence electrons. The van der Waals surface area contributed by atoms with Gasteiger partial charge in [0.25, 0.3) is 5.91 Å². The molecule has 0 radical (unpaired) electrons. The Bertz CT molecular complexity index is 601. The van der Waals surface area contributed by atoms with Crippen molar-refractivity contribution in [3.8, 4) is 0 Å². The van der Waals surface area contributed by atoms with Crippen LogP contribution in [0.5, 0.6) is 0 Å². The molecule has 0 saturated carbocycles. The monoisotopic (exact) mass is 272 g/mol. The molecule has 1 aromatic heterocycles. The maximum absolute atomic E-state index is 12.3. The summed E-state index contributed by atoms with van der Waals surface area (Å²) in [6, 6.07) is 7.82. The highest BCUT2D eigenvalue weighted by Gasteiger charge is 2.19. The number of rotatable bonds is 4. The van der Waals surface area contributed by atoms with E-state index in [-0.39, 0.29) is 11.9 Å². The Morgan fingerprint density at radius 3 is 2.95 bits per heavy atom. The third-order valence-corrected chi connectivity index (χ3v) is 3.79. The molecule has 2 heterocycles. The van der Waals surface area contributed by atoms with Gasteiger partial charge in [0, 0.05) is 18.0 Å². The minimum atomic E-state index is -0.103. The fourth-order valence-corrected chi connectivity index (χ4v) is 2.83. The number of carbonyl (C=O) groups excluding carboxylic acids is 1. The smallest absolute Gasteiger partial charge is 0.272 e. The molecule has 1 amide bonds. The predicted octanol–water partition coefficient (Wildman–Crippen LogP) is 1.78. The van der Waals surface area contributed by atoms with Crippen LogP contribution in [0.3, 0.4) is 0 Å². The number of amides is 1. The number of aromatic nitrogens is 2. The molecule has 1 atom stereocenters. The van der Waals surface area contributed by atoms with Crippen molar-refractivity contribution in [3.05, 3.63) is 30.0 Å². The average Bonchev–Trinajstić information content (AvgIpc) is 3.07. The summed E-state index contributed by atoms with van der Waals surface area (Å²) in [6.07, 6.45) is 2.54. The third kappa shape index (κ3) is 2.67. The van der Waals surface area contributed by atoms with Gasteiger partial charge in [0.2, 0.25) is 0 Å². The molecule has 0 spiro atoms. The predicted molar refractivity (Wildman–Crippen MR) is 78.7 cm³/mol. The van der Waals surface area contributed by atoms with E-state index in [1.807, 2.05) is 31.2 Å². The second-order valence-electron chi connectivity index (χ2n) is 5.50. The van der Waals surface area contributed by atoms with E-state index in [0.29, 0.717) is 5.69 Å². The van der Waals surface area contributed by atoms with Gasteiger partial charge < -0.3 is 10.2 Å². The van der Waals surface area contributed by atoms with Crippen LogP contribution in [0.15, 0.2) is 24.3 Å². The highest BCUT2D eigenvalue weighted by Crippen LogP contribution is 2.15. The number of carbonyl (C=O) groups is 1. The second kappa shape index (κ2) is 5.63. The molecule has 1 aliphatic heterocycles. The molecule has 1 saturated heterocycles. The van der Waals surface area contributed by atoms with Gasteiger partial charge in [0.15, 0.2) is 5.69 Å². The first-order valence-corrected chi connectivity index (χ1v) is 7.20. The Hall–Kier alpha value is -1.88. The number of nitrogens with one attached hydrogen (secondary N) is 2. The summed E-state index contributed by atoms with van der Waals surface area (Å²) in [4.78, 5) is 14.7. The quantitative estimate of drug-likeness (QED) is 0.892. The Morgan fingerprint density at radius 2 is 2.15 bits per heavy atom. The van der Waals surface area contributed by atoms with Crippen LogP contribution in [0.2, 0.25) is 0 Å². The van der Waals surface area contributed by atoms with Crippen LogP contribution in [0, 0.1) is 0 Å². The summed E-state index contributed by atoms with van der Waals surface area (Å²) in [7, 11) is 0. The van der Waals surface area contributed by atoms with Crippen molar-refractivity contribution < 1.29 is 4.79 Å². The van der Waals surface area contributed by atoms with Gasteiger partial charge in [0.05, 0.1) is 5.52 Å². The number of likely N-dealkylation sites (tertiary alicyclic amines) is 1. The lowest BCUT2D eigenvalue weighted by Gasteiger charge is -2.20. The molecule has 2 N–H and O–H groups in total. The number of hydrogen-bond donors (Lipinski definition) is 2. The molecule has 3 rings (SSSR count). The molecule has 1 aromatic carbocycles. The first-order valence-electron chi connectivity index (χ1n) is 7.20. The highest BCUT2D eigenvalue weighted by molar-refractivity contribution is 6.04. The fraction of sp³-hybridized carbons (Fsp3) is 0.467. The maximum Gasteiger partial charge on any atom is 0.272 e. The third-order valence-electron chi connectivity index (χ3n) is 3.79. The maximum atomic E-state index is 12.3. The molecule has 1 aliphatic rings. The number of hydrogen-bond acceptors (Lipinski definition) is 3. The van der Waals surface area contributed by atoms with Gasteiger partial charge in [-0.25, -0.2) is 0 Å². The fourth-order valence-electron chi connectivity index (χ4n) is 2.83. The summed E-state index contributed by atoms with van der Waals surface area (Å²) in [5.74, 6) is -0.103. The van der Waals surface area contributed by atoms with E-state index in [1.165, 1.54) is 12.8 Å². The normalized spacial score (nSPS) is 17.4. The van der Waals surface area contributed by atoms with E-state index >= 15 is 0 Å². The van der Waals surface area contributed by atoms with Crippen molar-refractivity contribution in [1.29, 1.82) is 0 Å². The van der Waals surface area contributed by atoms with Crippen LogP contribution < -0.4 is 5.32 Å². The first-order chi connectivity index (χ1) is 9.74. The van der Waals surface area contributed by atoms with E-state index < -0.39 is 0 Å². The van der Waals surface area contributed by atoms with Crippen molar-refractivity contribution in [3.63, 3.8) is 0 Å². The zero-order valence-corrected chi connectivity index (χ0v) is 11.7. The molecule has 2 aromatic rings. The summed E-state index contributed by atoms with van der Waals surface area (Å²) in [5.41, 5.74) is 1.37. The number of fused-ring (bicyclic) bond motifs is 1. The second-order valence-corrected chi connectivity index (χ2v) is 5.50. The number of aromatic amines is 1. The molecule has 0 aliphatic carbocycles. The van der Waals surface area contributed by atoms with Gasteiger partial charge in [0.1, 0.15) is 0 Å². The Kier molecular flexibility index (Phi) is 3.69. The summed E-state index contributed by atoms with van der Waals surface area (Å²) < 4.78 is 0. The van der Waals surface area contributed by atoms with Crippen LogP contribution in [0.4, 0.5) is 0 Å². The Labute approximate surface area is 118 Å². The minimum Gasteiger partial charge on any atom is -0.347 e. The molecular formula is C15H20N4O. The van der Waals surface area contributed by atoms with E-state index in [1.54, 1.807) is 0 Å². The topological polar surface area (TPSA) is 61.0 Å². The van der Waals surface area contributed by atoms with Gasteiger partial charge in [-0.3, -0.25) is 9.89 Å². The molecular weight excluding hydrogens is 252 g/mol. The average molecular weight is 272 g/mol. The van der Waals surface area contributed by atoms with Crippen molar-refractivity contribution in [2.45, 2.75) is 25.8 Å². The van der Waals surface area contributed by atoms with Crippen molar-refractivity contribution in [2.75, 3.05) is 19.6 Å². The van der Waals surface area contributed by atoms with Gasteiger partial charge in [-0.15, -0.1) is 0 Å². The molecule has 20 heavy (non-hydrogen) atoms. The van der Waals surface area contributed by atoms with Crippen molar-refractivity contribution in [2.24, 2.45) is 0 Å². The zero-order valence-electron chi connectivity index (χ0n) is 11.7. The van der Waals surface area contributed by atoms with Gasteiger partial charge in [-0.1, -0.05) is 18.2 Å². The number of benzene rings is 1. The van der Waals surface area contributed by atoms with Crippen LogP contribution in [-0.2, 0) is 0 Å². The standard InChI is InChI=1S/C15H20N4O/c1-11(10-19-8-4-5-9-19)16-15(20)14-12-6-2-3-7-13(12)17-18-14/h2-3,6-7,11H,4-5,8-10H2,1H3,(H,16,20)(H,17,18). The van der Waals surface area contributed by atoms with E-state index in [2.05, 4.69) is 20.4 Å². The Balaban J connectivity index is 1.66. The first kappa shape index (κ1) is 13.1. The summed E-state index contributed by atoms with van der Waals surface area (Å²) in [5, 5.41) is 10.9. The molecule has 5 heteroatoms.